The third-order valence-corrected chi connectivity index (χ3v) is 3.68. The lowest BCUT2D eigenvalue weighted by Crippen LogP contribution is -2.37. The van der Waals surface area contributed by atoms with Crippen LogP contribution in [-0.4, -0.2) is 53.7 Å². The zero-order valence-corrected chi connectivity index (χ0v) is 12.2. The number of anilines is 1. The normalized spacial score (nSPS) is 19.2. The van der Waals surface area contributed by atoms with E-state index in [-0.39, 0.29) is 0 Å². The van der Waals surface area contributed by atoms with Crippen molar-refractivity contribution in [1.29, 1.82) is 0 Å². The van der Waals surface area contributed by atoms with E-state index in [2.05, 4.69) is 33.6 Å². The van der Waals surface area contributed by atoms with E-state index in [1.807, 2.05) is 13.0 Å². The number of hydrogen-bond acceptors (Lipinski definition) is 5. The molecule has 1 aromatic rings. The monoisotopic (exact) mass is 264 g/mol. The van der Waals surface area contributed by atoms with Crippen LogP contribution in [0.5, 0.6) is 5.88 Å². The molecule has 0 unspecified atom stereocenters. The molecule has 19 heavy (non-hydrogen) atoms. The van der Waals surface area contributed by atoms with Crippen LogP contribution >= 0.6 is 0 Å². The standard InChI is InChI=1S/C14H24N4O/c1-4-17(5-2)12-8-10-18(11-12)14-15-9-7-13(16-14)19-6-3/h7,9,12H,4-6,8,10-11H2,1-3H3/t12-/m0/s1. The smallest absolute Gasteiger partial charge is 0.228 e. The molecule has 1 fully saturated rings. The van der Waals surface area contributed by atoms with Gasteiger partial charge in [0.2, 0.25) is 11.8 Å². The Hall–Kier alpha value is -1.36. The highest BCUT2D eigenvalue weighted by Crippen LogP contribution is 2.21. The molecule has 1 aromatic heterocycles. The molecule has 2 heterocycles. The summed E-state index contributed by atoms with van der Waals surface area (Å²) in [6.45, 7) is 11.3. The Kier molecular flexibility index (Phi) is 4.96. The van der Waals surface area contributed by atoms with Gasteiger partial charge < -0.3 is 9.64 Å². The van der Waals surface area contributed by atoms with E-state index in [9.17, 15) is 0 Å². The second-order valence-corrected chi connectivity index (χ2v) is 4.74. The van der Waals surface area contributed by atoms with Gasteiger partial charge in [-0.15, -0.1) is 0 Å². The summed E-state index contributed by atoms with van der Waals surface area (Å²) in [6, 6.07) is 2.43. The Bertz CT molecular complexity index is 395. The molecule has 0 amide bonds. The van der Waals surface area contributed by atoms with Crippen LogP contribution in [0, 0.1) is 0 Å². The molecule has 0 saturated carbocycles. The molecule has 0 spiro atoms. The second kappa shape index (κ2) is 6.70. The quantitative estimate of drug-likeness (QED) is 0.783. The van der Waals surface area contributed by atoms with Gasteiger partial charge in [-0.3, -0.25) is 4.90 Å². The molecule has 1 aliphatic rings. The van der Waals surface area contributed by atoms with E-state index < -0.39 is 0 Å². The lowest BCUT2D eigenvalue weighted by molar-refractivity contribution is 0.232. The molecule has 0 N–H and O–H groups in total. The van der Waals surface area contributed by atoms with Crippen LogP contribution in [-0.2, 0) is 0 Å². The van der Waals surface area contributed by atoms with Crippen molar-refractivity contribution in [2.45, 2.75) is 33.2 Å². The van der Waals surface area contributed by atoms with Crippen molar-refractivity contribution in [2.75, 3.05) is 37.7 Å². The minimum atomic E-state index is 0.620. The average Bonchev–Trinajstić information content (AvgIpc) is 2.91. The van der Waals surface area contributed by atoms with Crippen LogP contribution in [0.2, 0.25) is 0 Å². The molecule has 2 rings (SSSR count). The topological polar surface area (TPSA) is 41.5 Å². The second-order valence-electron chi connectivity index (χ2n) is 4.74. The highest BCUT2D eigenvalue weighted by atomic mass is 16.5. The van der Waals surface area contributed by atoms with Crippen molar-refractivity contribution in [2.24, 2.45) is 0 Å². The lowest BCUT2D eigenvalue weighted by atomic mass is 10.2. The van der Waals surface area contributed by atoms with Crippen LogP contribution in [0.3, 0.4) is 0 Å². The summed E-state index contributed by atoms with van der Waals surface area (Å²) in [5.74, 6) is 1.46. The van der Waals surface area contributed by atoms with Crippen molar-refractivity contribution < 1.29 is 4.74 Å². The van der Waals surface area contributed by atoms with Gasteiger partial charge in [0.15, 0.2) is 0 Å². The summed E-state index contributed by atoms with van der Waals surface area (Å²) in [5, 5.41) is 0. The molecule has 0 aromatic carbocycles. The molecule has 0 bridgehead atoms. The Balaban J connectivity index is 2.02. The van der Waals surface area contributed by atoms with Gasteiger partial charge in [-0.25, -0.2) is 4.98 Å². The van der Waals surface area contributed by atoms with Crippen molar-refractivity contribution in [3.63, 3.8) is 0 Å². The highest BCUT2D eigenvalue weighted by Gasteiger charge is 2.27. The van der Waals surface area contributed by atoms with E-state index in [0.717, 1.165) is 32.1 Å². The molecule has 5 heteroatoms. The van der Waals surface area contributed by atoms with E-state index in [1.54, 1.807) is 6.20 Å². The summed E-state index contributed by atoms with van der Waals surface area (Å²) < 4.78 is 5.43. The number of hydrogen-bond donors (Lipinski definition) is 0. The molecule has 106 valence electrons. The van der Waals surface area contributed by atoms with Crippen molar-refractivity contribution in [3.05, 3.63) is 12.3 Å². The van der Waals surface area contributed by atoms with E-state index in [4.69, 9.17) is 4.74 Å². The summed E-state index contributed by atoms with van der Waals surface area (Å²) in [6.07, 6.45) is 2.96. The number of nitrogens with zero attached hydrogens (tertiary/aromatic N) is 4. The van der Waals surface area contributed by atoms with E-state index in [0.29, 0.717) is 18.5 Å². The number of aromatic nitrogens is 2. The molecule has 0 radical (unpaired) electrons. The first-order chi connectivity index (χ1) is 9.28. The number of rotatable bonds is 6. The van der Waals surface area contributed by atoms with E-state index in [1.165, 1.54) is 6.42 Å². The van der Waals surface area contributed by atoms with Crippen molar-refractivity contribution in [3.8, 4) is 5.88 Å². The van der Waals surface area contributed by atoms with Gasteiger partial charge in [0.05, 0.1) is 6.61 Å². The first-order valence-electron chi connectivity index (χ1n) is 7.23. The zero-order valence-electron chi connectivity index (χ0n) is 12.2. The molecular weight excluding hydrogens is 240 g/mol. The lowest BCUT2D eigenvalue weighted by Gasteiger charge is -2.26. The first kappa shape index (κ1) is 14.1. The fourth-order valence-electron chi connectivity index (χ4n) is 2.67. The van der Waals surface area contributed by atoms with Gasteiger partial charge in [-0.05, 0) is 26.4 Å². The maximum absolute atomic E-state index is 5.43. The molecular formula is C14H24N4O. The molecule has 0 aliphatic carbocycles. The largest absolute Gasteiger partial charge is 0.478 e. The van der Waals surface area contributed by atoms with Gasteiger partial charge >= 0.3 is 0 Å². The Morgan fingerprint density at radius 3 is 2.84 bits per heavy atom. The fraction of sp³-hybridized carbons (Fsp3) is 0.714. The molecule has 1 aliphatic heterocycles. The Morgan fingerprint density at radius 2 is 2.16 bits per heavy atom. The maximum atomic E-state index is 5.43. The van der Waals surface area contributed by atoms with Crippen LogP contribution in [0.15, 0.2) is 12.3 Å². The van der Waals surface area contributed by atoms with Gasteiger partial charge in [0, 0.05) is 31.4 Å². The Morgan fingerprint density at radius 1 is 1.37 bits per heavy atom. The minimum absolute atomic E-state index is 0.620. The predicted octanol–water partition coefficient (Wildman–Crippen LogP) is 1.80. The van der Waals surface area contributed by atoms with Crippen molar-refractivity contribution in [1.82, 2.24) is 14.9 Å². The van der Waals surface area contributed by atoms with Crippen molar-refractivity contribution >= 4 is 5.95 Å². The third-order valence-electron chi connectivity index (χ3n) is 3.68. The molecule has 1 saturated heterocycles. The van der Waals surface area contributed by atoms with Gasteiger partial charge in [0.1, 0.15) is 0 Å². The predicted molar refractivity (Wildman–Crippen MR) is 76.7 cm³/mol. The summed E-state index contributed by atoms with van der Waals surface area (Å²) in [4.78, 5) is 13.6. The summed E-state index contributed by atoms with van der Waals surface area (Å²) in [5.41, 5.74) is 0. The highest BCUT2D eigenvalue weighted by molar-refractivity contribution is 5.34. The SMILES string of the molecule is CCOc1ccnc(N2CC[C@H](N(CC)CC)C2)n1. The minimum Gasteiger partial charge on any atom is -0.478 e. The number of likely N-dealkylation sites (N-methyl/N-ethyl adjacent to an activating group) is 1. The zero-order chi connectivity index (χ0) is 13.7. The molecule has 1 atom stereocenters. The van der Waals surface area contributed by atoms with Gasteiger partial charge in [-0.1, -0.05) is 13.8 Å². The van der Waals surface area contributed by atoms with Gasteiger partial charge in [0.25, 0.3) is 0 Å². The fourth-order valence-corrected chi connectivity index (χ4v) is 2.67. The van der Waals surface area contributed by atoms with Crippen LogP contribution in [0.4, 0.5) is 5.95 Å². The van der Waals surface area contributed by atoms with Crippen LogP contribution in [0.1, 0.15) is 27.2 Å². The number of ether oxygens (including phenoxy) is 1. The molecule has 5 nitrogen and oxygen atoms in total. The first-order valence-corrected chi connectivity index (χ1v) is 7.23. The van der Waals surface area contributed by atoms with Crippen LogP contribution < -0.4 is 9.64 Å². The average molecular weight is 264 g/mol. The third kappa shape index (κ3) is 3.35. The van der Waals surface area contributed by atoms with E-state index >= 15 is 0 Å². The Labute approximate surface area is 115 Å². The van der Waals surface area contributed by atoms with Crippen LogP contribution in [0.25, 0.3) is 0 Å². The summed E-state index contributed by atoms with van der Waals surface area (Å²) >= 11 is 0. The van der Waals surface area contributed by atoms with Gasteiger partial charge in [-0.2, -0.15) is 4.98 Å². The summed E-state index contributed by atoms with van der Waals surface area (Å²) in [7, 11) is 0. The maximum Gasteiger partial charge on any atom is 0.228 e.